The molecule has 5 N–H and O–H groups in total. The molecule has 0 spiro atoms. The summed E-state index contributed by atoms with van der Waals surface area (Å²) in [6.45, 7) is 1.36. The Labute approximate surface area is 145 Å². The van der Waals surface area contributed by atoms with E-state index in [0.717, 1.165) is 11.1 Å². The lowest BCUT2D eigenvalue weighted by Crippen LogP contribution is -2.52. The highest BCUT2D eigenvalue weighted by Crippen LogP contribution is 2.28. The van der Waals surface area contributed by atoms with Crippen LogP contribution in [0.15, 0.2) is 18.2 Å². The average Bonchev–Trinajstić information content (AvgIpc) is 2.91. The fraction of sp³-hybridized carbons (Fsp3) is 0.471. The van der Waals surface area contributed by atoms with E-state index in [2.05, 4.69) is 10.6 Å². The van der Waals surface area contributed by atoms with Gasteiger partial charge in [-0.05, 0) is 23.6 Å². The van der Waals surface area contributed by atoms with Gasteiger partial charge in [-0.2, -0.15) is 0 Å². The van der Waals surface area contributed by atoms with Crippen molar-refractivity contribution in [3.8, 4) is 0 Å². The van der Waals surface area contributed by atoms with Crippen LogP contribution in [-0.4, -0.2) is 53.0 Å². The maximum Gasteiger partial charge on any atom is 0.255 e. The first-order chi connectivity index (χ1) is 12.0. The van der Waals surface area contributed by atoms with Crippen LogP contribution in [0, 0.1) is 0 Å². The molecule has 1 aromatic rings. The number of aliphatic hydroxyl groups is 1. The summed E-state index contributed by atoms with van der Waals surface area (Å²) >= 11 is 0. The van der Waals surface area contributed by atoms with E-state index in [1.54, 1.807) is 6.07 Å². The zero-order chi connectivity index (χ0) is 18.0. The van der Waals surface area contributed by atoms with Gasteiger partial charge in [0.05, 0.1) is 6.61 Å². The Morgan fingerprint density at radius 3 is 2.88 bits per heavy atom. The van der Waals surface area contributed by atoms with Crippen LogP contribution in [0.4, 0.5) is 0 Å². The summed E-state index contributed by atoms with van der Waals surface area (Å²) < 4.78 is 0. The van der Waals surface area contributed by atoms with Gasteiger partial charge in [-0.15, -0.1) is 0 Å². The molecular formula is C17H22N4O4. The molecule has 134 valence electrons. The second kappa shape index (κ2) is 7.30. The van der Waals surface area contributed by atoms with Gasteiger partial charge in [-0.3, -0.25) is 19.7 Å². The number of nitrogens with zero attached hydrogens (tertiary/aromatic N) is 1. The number of rotatable bonds is 6. The smallest absolute Gasteiger partial charge is 0.255 e. The van der Waals surface area contributed by atoms with Crippen LogP contribution >= 0.6 is 0 Å². The van der Waals surface area contributed by atoms with E-state index in [-0.39, 0.29) is 30.9 Å². The third-order valence-corrected chi connectivity index (χ3v) is 4.56. The minimum Gasteiger partial charge on any atom is -0.395 e. The summed E-state index contributed by atoms with van der Waals surface area (Å²) in [4.78, 5) is 37.4. The summed E-state index contributed by atoms with van der Waals surface area (Å²) in [5, 5.41) is 14.4. The summed E-state index contributed by atoms with van der Waals surface area (Å²) in [6, 6.07) is 4.67. The van der Waals surface area contributed by atoms with Gasteiger partial charge in [-0.25, -0.2) is 0 Å². The van der Waals surface area contributed by atoms with Gasteiger partial charge in [-0.1, -0.05) is 12.1 Å². The number of nitrogens with one attached hydrogen (secondary N) is 2. The van der Waals surface area contributed by atoms with Crippen molar-refractivity contribution in [2.75, 3.05) is 13.2 Å². The van der Waals surface area contributed by atoms with Crippen LogP contribution in [0.3, 0.4) is 0 Å². The quantitative estimate of drug-likeness (QED) is 0.483. The van der Waals surface area contributed by atoms with Gasteiger partial charge >= 0.3 is 0 Å². The molecule has 0 saturated carbocycles. The molecule has 0 radical (unpaired) electrons. The van der Waals surface area contributed by atoms with Crippen molar-refractivity contribution in [2.24, 2.45) is 5.73 Å². The third-order valence-electron chi connectivity index (χ3n) is 4.56. The number of imide groups is 1. The molecule has 25 heavy (non-hydrogen) atoms. The minimum atomic E-state index is -0.596. The van der Waals surface area contributed by atoms with E-state index >= 15 is 0 Å². The number of fused-ring (bicyclic) bond motifs is 1. The zero-order valence-corrected chi connectivity index (χ0v) is 13.8. The number of hydrogen-bond donors (Lipinski definition) is 4. The molecule has 1 unspecified atom stereocenters. The van der Waals surface area contributed by atoms with Gasteiger partial charge in [0, 0.05) is 37.7 Å². The Hall–Kier alpha value is -2.29. The van der Waals surface area contributed by atoms with Crippen molar-refractivity contribution in [3.05, 3.63) is 34.9 Å². The molecule has 2 heterocycles. The number of carbonyl (C=O) groups is 3. The highest BCUT2D eigenvalue weighted by atomic mass is 16.3. The molecule has 8 nitrogen and oxygen atoms in total. The minimum absolute atomic E-state index is 0.0768. The van der Waals surface area contributed by atoms with Crippen molar-refractivity contribution in [3.63, 3.8) is 0 Å². The molecule has 0 aliphatic carbocycles. The van der Waals surface area contributed by atoms with Crippen LogP contribution in [0.25, 0.3) is 0 Å². The number of amides is 3. The second-order valence-corrected chi connectivity index (χ2v) is 6.47. The molecule has 0 aromatic heterocycles. The van der Waals surface area contributed by atoms with E-state index in [4.69, 9.17) is 10.8 Å². The van der Waals surface area contributed by atoms with Crippen LogP contribution in [0.1, 0.15) is 34.3 Å². The number of carbonyl (C=O) groups excluding carboxylic acids is 3. The lowest BCUT2D eigenvalue weighted by atomic mass is 10.0. The van der Waals surface area contributed by atoms with Crippen molar-refractivity contribution in [1.29, 1.82) is 0 Å². The molecule has 2 aliphatic heterocycles. The molecule has 2 atom stereocenters. The number of benzene rings is 1. The predicted octanol–water partition coefficient (Wildman–Crippen LogP) is -1.14. The first-order valence-corrected chi connectivity index (χ1v) is 8.33. The molecule has 1 aromatic carbocycles. The molecule has 1 saturated heterocycles. The first kappa shape index (κ1) is 17.5. The summed E-state index contributed by atoms with van der Waals surface area (Å²) in [5.41, 5.74) is 8.12. The zero-order valence-electron chi connectivity index (χ0n) is 13.8. The van der Waals surface area contributed by atoms with Gasteiger partial charge in [0.25, 0.3) is 5.91 Å². The Balaban J connectivity index is 1.67. The monoisotopic (exact) mass is 346 g/mol. The molecule has 8 heteroatoms. The average molecular weight is 346 g/mol. The van der Waals surface area contributed by atoms with Crippen LogP contribution in [0.5, 0.6) is 0 Å². The number of piperidine rings is 1. The molecular weight excluding hydrogens is 324 g/mol. The Bertz CT molecular complexity index is 706. The van der Waals surface area contributed by atoms with E-state index in [1.807, 2.05) is 12.1 Å². The molecule has 0 bridgehead atoms. The molecule has 3 amide bonds. The SMILES string of the molecule is N[C@@H](CO)CNCc1ccc2c(c1)CN(C1CCC(=O)NC1=O)C2=O. The fourth-order valence-electron chi connectivity index (χ4n) is 3.20. The van der Waals surface area contributed by atoms with Crippen LogP contribution < -0.4 is 16.4 Å². The fourth-order valence-corrected chi connectivity index (χ4v) is 3.20. The lowest BCUT2D eigenvalue weighted by molar-refractivity contribution is -0.136. The number of aliphatic hydroxyl groups excluding tert-OH is 1. The van der Waals surface area contributed by atoms with E-state index < -0.39 is 11.9 Å². The maximum atomic E-state index is 12.6. The molecule has 3 rings (SSSR count). The topological polar surface area (TPSA) is 125 Å². The lowest BCUT2D eigenvalue weighted by Gasteiger charge is -2.29. The first-order valence-electron chi connectivity index (χ1n) is 8.33. The van der Waals surface area contributed by atoms with E-state index in [9.17, 15) is 14.4 Å². The number of hydrogen-bond acceptors (Lipinski definition) is 6. The largest absolute Gasteiger partial charge is 0.395 e. The van der Waals surface area contributed by atoms with Crippen molar-refractivity contribution in [2.45, 2.75) is 38.0 Å². The summed E-state index contributed by atoms with van der Waals surface area (Å²) in [7, 11) is 0. The predicted molar refractivity (Wildman–Crippen MR) is 89.3 cm³/mol. The Morgan fingerprint density at radius 1 is 1.36 bits per heavy atom. The summed E-state index contributed by atoms with van der Waals surface area (Å²) in [6.07, 6.45) is 0.606. The highest BCUT2D eigenvalue weighted by Gasteiger charge is 2.38. The van der Waals surface area contributed by atoms with E-state index in [1.165, 1.54) is 4.90 Å². The Morgan fingerprint density at radius 2 is 2.16 bits per heavy atom. The highest BCUT2D eigenvalue weighted by molar-refractivity contribution is 6.05. The second-order valence-electron chi connectivity index (χ2n) is 6.47. The summed E-state index contributed by atoms with van der Waals surface area (Å²) in [5.74, 6) is -0.872. The van der Waals surface area contributed by atoms with Crippen molar-refractivity contribution >= 4 is 17.7 Å². The standard InChI is InChI=1S/C17H22N4O4/c18-12(9-22)7-19-6-10-1-2-13-11(5-10)8-21(17(13)25)14-3-4-15(23)20-16(14)24/h1-2,5,12,14,19,22H,3-4,6-9,18H2,(H,20,23,24)/t12-,14?/m1/s1. The van der Waals surface area contributed by atoms with Gasteiger partial charge in [0.2, 0.25) is 11.8 Å². The number of nitrogens with two attached hydrogens (primary N) is 1. The van der Waals surface area contributed by atoms with Crippen LogP contribution in [0.2, 0.25) is 0 Å². The maximum absolute atomic E-state index is 12.6. The van der Waals surface area contributed by atoms with Gasteiger partial charge in [0.1, 0.15) is 6.04 Å². The van der Waals surface area contributed by atoms with Gasteiger partial charge in [0.15, 0.2) is 0 Å². The van der Waals surface area contributed by atoms with Crippen molar-refractivity contribution in [1.82, 2.24) is 15.5 Å². The van der Waals surface area contributed by atoms with E-state index in [0.29, 0.717) is 31.6 Å². The molecule has 1 fully saturated rings. The van der Waals surface area contributed by atoms with Crippen LogP contribution in [-0.2, 0) is 22.7 Å². The van der Waals surface area contributed by atoms with Gasteiger partial charge < -0.3 is 21.1 Å². The Kier molecular flexibility index (Phi) is 5.12. The normalized spacial score (nSPS) is 21.3. The van der Waals surface area contributed by atoms with Crippen molar-refractivity contribution < 1.29 is 19.5 Å². The molecule has 2 aliphatic rings. The third kappa shape index (κ3) is 3.71.